The van der Waals surface area contributed by atoms with Crippen molar-refractivity contribution < 1.29 is 22.7 Å². The van der Waals surface area contributed by atoms with Crippen molar-refractivity contribution >= 4 is 40.3 Å². The first-order valence-electron chi connectivity index (χ1n) is 12.8. The first kappa shape index (κ1) is 28.8. The number of nitrogens with one attached hydrogen (secondary N) is 2. The largest absolute Gasteiger partial charge is 0.573 e. The van der Waals surface area contributed by atoms with Crippen LogP contribution in [0.5, 0.6) is 5.75 Å². The number of rotatable bonds is 8. The lowest BCUT2D eigenvalue weighted by atomic mass is 9.98. The van der Waals surface area contributed by atoms with Gasteiger partial charge in [-0.15, -0.1) is 24.5 Å². The summed E-state index contributed by atoms with van der Waals surface area (Å²) in [6.45, 7) is 6.95. The van der Waals surface area contributed by atoms with Crippen molar-refractivity contribution in [3.05, 3.63) is 64.6 Å². The fourth-order valence-electron chi connectivity index (χ4n) is 4.35. The molecule has 1 aromatic heterocycles. The third-order valence-corrected chi connectivity index (χ3v) is 7.87. The van der Waals surface area contributed by atoms with E-state index in [9.17, 15) is 18.0 Å². The number of amides is 1. The molecular weight excluding hydrogens is 545 g/mol. The van der Waals surface area contributed by atoms with Gasteiger partial charge in [0.25, 0.3) is 5.91 Å². The minimum absolute atomic E-state index is 0.274. The number of halogens is 3. The average Bonchev–Trinajstić information content (AvgIpc) is 3.39. The summed E-state index contributed by atoms with van der Waals surface area (Å²) in [5.74, 6) is 0.257. The summed E-state index contributed by atoms with van der Waals surface area (Å²) in [7, 11) is 0. The van der Waals surface area contributed by atoms with Gasteiger partial charge < -0.3 is 20.3 Å². The molecule has 0 aliphatic carbocycles. The number of thiocarbonyl (C=S) groups is 1. The van der Waals surface area contributed by atoms with Crippen LogP contribution in [-0.4, -0.2) is 46.9 Å². The molecule has 1 fully saturated rings. The molecule has 2 N–H and O–H groups in total. The lowest BCUT2D eigenvalue weighted by Gasteiger charge is -2.33. The van der Waals surface area contributed by atoms with Gasteiger partial charge in [0.05, 0.1) is 5.01 Å². The van der Waals surface area contributed by atoms with Gasteiger partial charge >= 0.3 is 6.36 Å². The smallest absolute Gasteiger partial charge is 0.406 e. The Balaban J connectivity index is 1.35. The van der Waals surface area contributed by atoms with Gasteiger partial charge in [0.1, 0.15) is 11.4 Å². The van der Waals surface area contributed by atoms with Crippen molar-refractivity contribution in [2.24, 2.45) is 5.92 Å². The number of likely N-dealkylation sites (tertiary alicyclic amines) is 1. The number of alkyl halides is 3. The maximum Gasteiger partial charge on any atom is 0.573 e. The second-order valence-electron chi connectivity index (χ2n) is 9.82. The summed E-state index contributed by atoms with van der Waals surface area (Å²) in [5, 5.41) is 9.76. The SMILES string of the molecule is CC(C)CCNC(=S)N1CCC(c2nc(C(=O)Nc3ccccc3-c3ccc(OC(F)(F)F)cc3)cs2)CC1. The van der Waals surface area contributed by atoms with Crippen LogP contribution in [0.1, 0.15) is 54.5 Å². The van der Waals surface area contributed by atoms with Gasteiger partial charge in [0.2, 0.25) is 0 Å². The average molecular weight is 577 g/mol. The molecule has 1 aliphatic heterocycles. The van der Waals surface area contributed by atoms with Gasteiger partial charge in [-0.05, 0) is 61.2 Å². The Hall–Kier alpha value is -3.18. The van der Waals surface area contributed by atoms with Crippen molar-refractivity contribution in [3.63, 3.8) is 0 Å². The summed E-state index contributed by atoms with van der Waals surface area (Å²) in [6.07, 6.45) is -1.85. The molecule has 3 aromatic rings. The molecular formula is C28H31F3N4O2S2. The van der Waals surface area contributed by atoms with Crippen LogP contribution in [0.2, 0.25) is 0 Å². The van der Waals surface area contributed by atoms with Gasteiger partial charge in [0.15, 0.2) is 5.11 Å². The molecule has 1 saturated heterocycles. The zero-order valence-corrected chi connectivity index (χ0v) is 23.4. The fourth-order valence-corrected chi connectivity index (χ4v) is 5.61. The molecule has 2 heterocycles. The maximum absolute atomic E-state index is 13.0. The minimum atomic E-state index is -4.76. The zero-order valence-electron chi connectivity index (χ0n) is 21.8. The molecule has 4 rings (SSSR count). The predicted octanol–water partition coefficient (Wildman–Crippen LogP) is 7.06. The van der Waals surface area contributed by atoms with Crippen LogP contribution in [0.25, 0.3) is 11.1 Å². The number of piperidine rings is 1. The highest BCUT2D eigenvalue weighted by atomic mass is 32.1. The van der Waals surface area contributed by atoms with Gasteiger partial charge in [-0.2, -0.15) is 0 Å². The Kier molecular flexibility index (Phi) is 9.45. The van der Waals surface area contributed by atoms with Crippen molar-refractivity contribution in [2.45, 2.75) is 45.4 Å². The highest BCUT2D eigenvalue weighted by Crippen LogP contribution is 2.33. The number of para-hydroxylation sites is 1. The number of carbonyl (C=O) groups is 1. The van der Waals surface area contributed by atoms with E-state index in [4.69, 9.17) is 12.2 Å². The van der Waals surface area contributed by atoms with Crippen LogP contribution in [-0.2, 0) is 0 Å². The molecule has 39 heavy (non-hydrogen) atoms. The molecule has 0 spiro atoms. The third kappa shape index (κ3) is 8.15. The first-order valence-corrected chi connectivity index (χ1v) is 14.1. The Morgan fingerprint density at radius 3 is 2.51 bits per heavy atom. The van der Waals surface area contributed by atoms with Gasteiger partial charge in [0, 0.05) is 42.2 Å². The predicted molar refractivity (Wildman–Crippen MR) is 152 cm³/mol. The van der Waals surface area contributed by atoms with Crippen LogP contribution in [0.15, 0.2) is 53.9 Å². The highest BCUT2D eigenvalue weighted by molar-refractivity contribution is 7.80. The number of thiazole rings is 1. The minimum Gasteiger partial charge on any atom is -0.406 e. The molecule has 2 aromatic carbocycles. The molecule has 1 aliphatic rings. The molecule has 1 amide bonds. The topological polar surface area (TPSA) is 66.5 Å². The summed E-state index contributed by atoms with van der Waals surface area (Å²) >= 11 is 7.04. The molecule has 0 radical (unpaired) electrons. The van der Waals surface area contributed by atoms with Gasteiger partial charge in [-0.25, -0.2) is 4.98 Å². The van der Waals surface area contributed by atoms with Crippen molar-refractivity contribution in [1.82, 2.24) is 15.2 Å². The Labute approximate surface area is 235 Å². The standard InChI is InChI=1S/C28H31F3N4O2S2/c1-18(2)11-14-32-27(38)35-15-12-20(13-16-35)26-34-24(17-39-26)25(36)33-23-6-4-3-5-22(23)19-7-9-21(10-8-19)37-28(29,30)31/h3-10,17-18,20H,11-16H2,1-2H3,(H,32,38)(H,33,36). The van der Waals surface area contributed by atoms with E-state index in [2.05, 4.69) is 39.1 Å². The number of hydrogen-bond acceptors (Lipinski definition) is 5. The van der Waals surface area contributed by atoms with E-state index in [0.717, 1.165) is 49.0 Å². The van der Waals surface area contributed by atoms with Crippen LogP contribution in [0.4, 0.5) is 18.9 Å². The number of ether oxygens (including phenoxy) is 1. The van der Waals surface area contributed by atoms with Crippen molar-refractivity contribution in [3.8, 4) is 16.9 Å². The maximum atomic E-state index is 13.0. The molecule has 11 heteroatoms. The number of anilines is 1. The van der Waals surface area contributed by atoms with Crippen molar-refractivity contribution in [1.29, 1.82) is 0 Å². The number of hydrogen-bond donors (Lipinski definition) is 2. The Morgan fingerprint density at radius 2 is 1.85 bits per heavy atom. The molecule has 6 nitrogen and oxygen atoms in total. The summed E-state index contributed by atoms with van der Waals surface area (Å²) < 4.78 is 41.4. The number of benzene rings is 2. The molecule has 0 bridgehead atoms. The zero-order chi connectivity index (χ0) is 28.0. The van der Waals surface area contributed by atoms with Crippen LogP contribution >= 0.6 is 23.6 Å². The van der Waals surface area contributed by atoms with E-state index in [1.807, 2.05) is 0 Å². The highest BCUT2D eigenvalue weighted by Gasteiger charge is 2.31. The van der Waals surface area contributed by atoms with Crippen LogP contribution in [0.3, 0.4) is 0 Å². The summed E-state index contributed by atoms with van der Waals surface area (Å²) in [6, 6.07) is 12.6. The molecule has 0 atom stereocenters. The monoisotopic (exact) mass is 576 g/mol. The number of aromatic nitrogens is 1. The quantitative estimate of drug-likeness (QED) is 0.280. The van der Waals surface area contributed by atoms with Gasteiger partial charge in [-0.1, -0.05) is 44.2 Å². The molecule has 208 valence electrons. The number of nitrogens with zero attached hydrogens (tertiary/aromatic N) is 2. The number of carbonyl (C=O) groups excluding carboxylic acids is 1. The second kappa shape index (κ2) is 12.8. The van der Waals surface area contributed by atoms with Crippen LogP contribution in [0, 0.1) is 5.92 Å². The third-order valence-electron chi connectivity index (χ3n) is 6.46. The van der Waals surface area contributed by atoms with E-state index in [1.54, 1.807) is 29.6 Å². The normalized spacial score (nSPS) is 14.4. The van der Waals surface area contributed by atoms with Crippen molar-refractivity contribution in [2.75, 3.05) is 25.0 Å². The second-order valence-corrected chi connectivity index (χ2v) is 11.1. The van der Waals surface area contributed by atoms with Crippen LogP contribution < -0.4 is 15.4 Å². The molecule has 0 unspecified atom stereocenters. The fraction of sp³-hybridized carbons (Fsp3) is 0.393. The first-order chi connectivity index (χ1) is 18.6. The Bertz CT molecular complexity index is 1270. The van der Waals surface area contributed by atoms with E-state index in [-0.39, 0.29) is 17.6 Å². The van der Waals surface area contributed by atoms with Gasteiger partial charge in [-0.3, -0.25) is 4.79 Å². The van der Waals surface area contributed by atoms with E-state index in [1.165, 1.54) is 35.6 Å². The van der Waals surface area contributed by atoms with E-state index in [0.29, 0.717) is 28.4 Å². The van der Waals surface area contributed by atoms with E-state index < -0.39 is 6.36 Å². The molecule has 0 saturated carbocycles. The lowest BCUT2D eigenvalue weighted by molar-refractivity contribution is -0.274. The Morgan fingerprint density at radius 1 is 1.15 bits per heavy atom. The summed E-state index contributed by atoms with van der Waals surface area (Å²) in [5.41, 5.74) is 2.19. The lowest BCUT2D eigenvalue weighted by Crippen LogP contribution is -2.44. The van der Waals surface area contributed by atoms with E-state index >= 15 is 0 Å². The summed E-state index contributed by atoms with van der Waals surface area (Å²) in [4.78, 5) is 19.9.